The summed E-state index contributed by atoms with van der Waals surface area (Å²) in [6, 6.07) is 15.8. The second-order valence-corrected chi connectivity index (χ2v) is 27.5. The summed E-state index contributed by atoms with van der Waals surface area (Å²) in [6.07, 6.45) is 1.28. The molecule has 52 heavy (non-hydrogen) atoms. The Bertz CT molecular complexity index is 1870. The van der Waals surface area contributed by atoms with Crippen molar-refractivity contribution in [2.75, 3.05) is 0 Å². The molecule has 3 amide bonds. The van der Waals surface area contributed by atoms with Crippen molar-refractivity contribution >= 4 is 28.6 Å². The Morgan fingerprint density at radius 1 is 0.808 bits per heavy atom. The number of para-hydroxylation sites is 2. The number of benzene rings is 2. The van der Waals surface area contributed by atoms with Crippen LogP contribution in [0.2, 0.25) is 36.3 Å². The normalized spacial score (nSPS) is 19.6. The minimum Gasteiger partial charge on any atom is -0.543 e. The first-order valence-corrected chi connectivity index (χ1v) is 24.1. The average molecular weight is 746 g/mol. The van der Waals surface area contributed by atoms with Crippen molar-refractivity contribution in [3.63, 3.8) is 0 Å². The van der Waals surface area contributed by atoms with Gasteiger partial charge in [-0.3, -0.25) is 15.0 Å². The Balaban J connectivity index is 1.73. The highest BCUT2D eigenvalue weighted by Gasteiger charge is 2.56. The number of urea groups is 1. The fourth-order valence-corrected chi connectivity index (χ4v) is 8.48. The zero-order chi connectivity index (χ0) is 38.7. The second kappa shape index (κ2) is 13.5. The monoisotopic (exact) mass is 745 g/mol. The van der Waals surface area contributed by atoms with Crippen LogP contribution in [0.4, 0.5) is 4.79 Å². The second-order valence-electron chi connectivity index (χ2n) is 18.1. The molecule has 1 aromatic heterocycles. The number of carbonyl (C=O) groups excluding carboxylic acids is 2. The van der Waals surface area contributed by atoms with Crippen molar-refractivity contribution in [3.05, 3.63) is 88.1 Å². The predicted molar refractivity (Wildman–Crippen MR) is 211 cm³/mol. The van der Waals surface area contributed by atoms with E-state index in [2.05, 4.69) is 101 Å². The number of hydrogen-bond donors (Lipinski definition) is 3. The molecule has 3 heterocycles. The van der Waals surface area contributed by atoms with Gasteiger partial charge in [-0.05, 0) is 87.2 Å². The van der Waals surface area contributed by atoms with Gasteiger partial charge in [0.25, 0.3) is 5.91 Å². The quantitative estimate of drug-likeness (QED) is 0.132. The van der Waals surface area contributed by atoms with Crippen LogP contribution in [0.15, 0.2) is 64.4 Å². The van der Waals surface area contributed by atoms with Crippen LogP contribution >= 0.6 is 0 Å². The Labute approximate surface area is 312 Å². The summed E-state index contributed by atoms with van der Waals surface area (Å²) in [5.41, 5.74) is 10.2. The molecule has 2 aliphatic heterocycles. The minimum absolute atomic E-state index is 0.000886. The highest BCUT2D eigenvalue weighted by Crippen LogP contribution is 2.45. The maximum atomic E-state index is 14.0. The third-order valence-corrected chi connectivity index (χ3v) is 20.4. The van der Waals surface area contributed by atoms with Crippen LogP contribution in [0.5, 0.6) is 11.5 Å². The first kappa shape index (κ1) is 39.3. The lowest BCUT2D eigenvalue weighted by Gasteiger charge is -2.41. The van der Waals surface area contributed by atoms with E-state index in [0.717, 1.165) is 39.6 Å². The molecule has 1 fully saturated rings. The van der Waals surface area contributed by atoms with E-state index in [9.17, 15) is 9.59 Å². The number of aryl methyl sites for hydroxylation is 2. The Hall–Kier alpha value is -3.88. The van der Waals surface area contributed by atoms with Crippen LogP contribution in [0.3, 0.4) is 0 Å². The first-order chi connectivity index (χ1) is 23.9. The Morgan fingerprint density at radius 3 is 1.81 bits per heavy atom. The van der Waals surface area contributed by atoms with E-state index in [0.29, 0.717) is 30.7 Å². The molecule has 3 aromatic rings. The van der Waals surface area contributed by atoms with Crippen LogP contribution < -0.4 is 25.0 Å². The zero-order valence-electron chi connectivity index (χ0n) is 33.7. The molecule has 12 heteroatoms. The maximum Gasteiger partial charge on any atom is 0.329 e. The molecule has 0 spiro atoms. The summed E-state index contributed by atoms with van der Waals surface area (Å²) in [7, 11) is -4.42. The summed E-state index contributed by atoms with van der Waals surface area (Å²) in [6.45, 7) is 29.8. The molecule has 3 N–H and O–H groups in total. The average Bonchev–Trinajstić information content (AvgIpc) is 3.58. The maximum absolute atomic E-state index is 14.0. The number of imide groups is 1. The lowest BCUT2D eigenvalue weighted by Crippen LogP contribution is -2.57. The molecule has 5 rings (SSSR count). The van der Waals surface area contributed by atoms with Crippen molar-refractivity contribution in [2.45, 2.75) is 136 Å². The molecule has 2 aromatic carbocycles. The van der Waals surface area contributed by atoms with Gasteiger partial charge in [0.05, 0.1) is 22.6 Å². The van der Waals surface area contributed by atoms with Gasteiger partial charge in [0, 0.05) is 24.8 Å². The van der Waals surface area contributed by atoms with Crippen LogP contribution in [-0.2, 0) is 24.1 Å². The SMILES string of the molecule is Cc1noc(C)c1CC1(Cc2ccccc2O[Si](C)(C)C(C)(C)C)NNC(Cc2ccccc2O[Si](C)(C)C(C)(C)C)=C1N1C(=O)NC(=O)C1(C)C. The van der Waals surface area contributed by atoms with Gasteiger partial charge in [-0.1, -0.05) is 83.1 Å². The first-order valence-electron chi connectivity index (χ1n) is 18.3. The number of nitrogens with zero attached hydrogens (tertiary/aromatic N) is 2. The fraction of sp³-hybridized carbons (Fsp3) is 0.525. The van der Waals surface area contributed by atoms with Crippen LogP contribution in [0.25, 0.3) is 0 Å². The van der Waals surface area contributed by atoms with Gasteiger partial charge in [0.1, 0.15) is 22.8 Å². The van der Waals surface area contributed by atoms with Gasteiger partial charge in [0.2, 0.25) is 16.6 Å². The fourth-order valence-electron chi connectivity index (χ4n) is 6.37. The van der Waals surface area contributed by atoms with Crippen molar-refractivity contribution < 1.29 is 23.0 Å². The highest BCUT2D eigenvalue weighted by atomic mass is 28.4. The topological polar surface area (TPSA) is 118 Å². The van der Waals surface area contributed by atoms with Gasteiger partial charge in [-0.15, -0.1) is 0 Å². The third kappa shape index (κ3) is 7.34. The predicted octanol–water partition coefficient (Wildman–Crippen LogP) is 8.48. The minimum atomic E-state index is -2.23. The van der Waals surface area contributed by atoms with Crippen molar-refractivity contribution in [1.82, 2.24) is 26.2 Å². The van der Waals surface area contributed by atoms with Crippen LogP contribution in [-0.4, -0.2) is 49.7 Å². The third-order valence-electron chi connectivity index (χ3n) is 11.8. The lowest BCUT2D eigenvalue weighted by atomic mass is 9.79. The Kier molecular flexibility index (Phi) is 10.2. The number of allylic oxidation sites excluding steroid dienone is 1. The number of nitrogens with one attached hydrogen (secondary N) is 3. The summed E-state index contributed by atoms with van der Waals surface area (Å²) < 4.78 is 19.5. The number of aromatic nitrogens is 1. The number of carbonyl (C=O) groups is 2. The number of hydrazine groups is 1. The molecule has 10 nitrogen and oxygen atoms in total. The van der Waals surface area contributed by atoms with Crippen molar-refractivity contribution in [3.8, 4) is 11.5 Å². The Morgan fingerprint density at radius 2 is 1.33 bits per heavy atom. The van der Waals surface area contributed by atoms with Gasteiger partial charge < -0.3 is 18.8 Å². The van der Waals surface area contributed by atoms with E-state index in [1.807, 2.05) is 50.2 Å². The molecule has 0 bridgehead atoms. The van der Waals surface area contributed by atoms with E-state index in [1.165, 1.54) is 0 Å². The molecule has 1 unspecified atom stereocenters. The molecule has 282 valence electrons. The van der Waals surface area contributed by atoms with Gasteiger partial charge in [-0.25, -0.2) is 10.2 Å². The van der Waals surface area contributed by atoms with Gasteiger partial charge >= 0.3 is 6.03 Å². The standard InChI is InChI=1S/C40H59N5O5Si2/c1-26-30(27(2)48-43-26)25-40(24-29-20-16-18-22-33(29)50-52(13,14)38(6,7)8)34(45-36(47)41-35(46)39(45,9)10)31(42-44-40)23-28-19-15-17-21-32(28)49-51(11,12)37(3,4)5/h15-22,42,44H,23-25H2,1-14H3,(H,41,46,47). The summed E-state index contributed by atoms with van der Waals surface area (Å²) in [4.78, 5) is 29.1. The lowest BCUT2D eigenvalue weighted by molar-refractivity contribution is -0.124. The highest BCUT2D eigenvalue weighted by molar-refractivity contribution is 6.75. The largest absolute Gasteiger partial charge is 0.543 e. The van der Waals surface area contributed by atoms with Crippen molar-refractivity contribution in [1.29, 1.82) is 0 Å². The van der Waals surface area contributed by atoms with Crippen LogP contribution in [0, 0.1) is 13.8 Å². The number of rotatable bonds is 11. The molecule has 0 radical (unpaired) electrons. The molecule has 0 saturated carbocycles. The molecule has 1 saturated heterocycles. The summed E-state index contributed by atoms with van der Waals surface area (Å²) in [5.74, 6) is 1.98. The molecule has 2 aliphatic rings. The van der Waals surface area contributed by atoms with E-state index < -0.39 is 33.7 Å². The van der Waals surface area contributed by atoms with Gasteiger partial charge in [0.15, 0.2) is 0 Å². The van der Waals surface area contributed by atoms with Crippen molar-refractivity contribution in [2.24, 2.45) is 0 Å². The van der Waals surface area contributed by atoms with E-state index >= 15 is 0 Å². The van der Waals surface area contributed by atoms with Gasteiger partial charge in [-0.2, -0.15) is 0 Å². The number of hydrogen-bond acceptors (Lipinski definition) is 8. The summed E-state index contributed by atoms with van der Waals surface area (Å²) in [5, 5.41) is 6.89. The number of amides is 3. The molecular weight excluding hydrogens is 687 g/mol. The smallest absolute Gasteiger partial charge is 0.329 e. The molecular formula is C40H59N5O5Si2. The van der Waals surface area contributed by atoms with E-state index in [-0.39, 0.29) is 16.0 Å². The van der Waals surface area contributed by atoms with Crippen LogP contribution in [0.1, 0.15) is 83.5 Å². The molecule has 1 atom stereocenters. The van der Waals surface area contributed by atoms with E-state index in [4.69, 9.17) is 13.4 Å². The molecule has 0 aliphatic carbocycles. The summed E-state index contributed by atoms with van der Waals surface area (Å²) >= 11 is 0. The van der Waals surface area contributed by atoms with E-state index in [1.54, 1.807) is 18.7 Å². The zero-order valence-corrected chi connectivity index (χ0v) is 35.7.